The van der Waals surface area contributed by atoms with Crippen LogP contribution in [-0.4, -0.2) is 35.7 Å². The third-order valence-corrected chi connectivity index (χ3v) is 6.57. The van der Waals surface area contributed by atoms with E-state index in [2.05, 4.69) is 15.9 Å². The molecule has 6 heteroatoms. The van der Waals surface area contributed by atoms with E-state index in [0.717, 1.165) is 34.0 Å². The van der Waals surface area contributed by atoms with Crippen molar-refractivity contribution in [2.45, 2.75) is 33.1 Å². The summed E-state index contributed by atoms with van der Waals surface area (Å²) in [6.07, 6.45) is 2.16. The van der Waals surface area contributed by atoms with Crippen molar-refractivity contribution in [1.82, 2.24) is 4.90 Å². The van der Waals surface area contributed by atoms with Crippen LogP contribution in [0.25, 0.3) is 10.8 Å². The van der Waals surface area contributed by atoms with Gasteiger partial charge in [0.05, 0.1) is 0 Å². The lowest BCUT2D eigenvalue weighted by Crippen LogP contribution is -2.46. The number of hydrogen-bond acceptors (Lipinski definition) is 3. The van der Waals surface area contributed by atoms with Crippen molar-refractivity contribution in [3.63, 3.8) is 0 Å². The first-order valence-electron chi connectivity index (χ1n) is 10.9. The average Bonchev–Trinajstić information content (AvgIpc) is 2.80. The first-order valence-corrected chi connectivity index (χ1v) is 11.7. The maximum Gasteiger partial charge on any atom is 0.261 e. The molecule has 0 unspecified atom stereocenters. The smallest absolute Gasteiger partial charge is 0.261 e. The molecule has 0 saturated heterocycles. The molecule has 4 rings (SSSR count). The maximum atomic E-state index is 13.2. The Kier molecular flexibility index (Phi) is 6.42. The summed E-state index contributed by atoms with van der Waals surface area (Å²) in [6, 6.07) is 16.8. The van der Waals surface area contributed by atoms with Gasteiger partial charge in [0.25, 0.3) is 11.8 Å². The summed E-state index contributed by atoms with van der Waals surface area (Å²) in [4.78, 5) is 42.4. The van der Waals surface area contributed by atoms with Gasteiger partial charge in [0.2, 0.25) is 5.91 Å². The van der Waals surface area contributed by atoms with Crippen LogP contribution in [-0.2, 0) is 4.79 Å². The highest BCUT2D eigenvalue weighted by Crippen LogP contribution is 2.34. The summed E-state index contributed by atoms with van der Waals surface area (Å²) in [5.74, 6) is -0.647. The Labute approximate surface area is 196 Å². The zero-order valence-corrected chi connectivity index (χ0v) is 19.8. The van der Waals surface area contributed by atoms with Crippen molar-refractivity contribution in [2.24, 2.45) is 0 Å². The van der Waals surface area contributed by atoms with E-state index >= 15 is 0 Å². The monoisotopic (exact) mass is 492 g/mol. The minimum Gasteiger partial charge on any atom is -0.311 e. The van der Waals surface area contributed by atoms with Crippen molar-refractivity contribution in [3.05, 3.63) is 75.8 Å². The minimum absolute atomic E-state index is 0.000886. The van der Waals surface area contributed by atoms with Gasteiger partial charge in [-0.25, -0.2) is 0 Å². The van der Waals surface area contributed by atoms with Gasteiger partial charge >= 0.3 is 0 Å². The quantitative estimate of drug-likeness (QED) is 0.395. The molecule has 5 nitrogen and oxygen atoms in total. The van der Waals surface area contributed by atoms with Crippen molar-refractivity contribution < 1.29 is 14.4 Å². The zero-order valence-electron chi connectivity index (χ0n) is 18.2. The van der Waals surface area contributed by atoms with Gasteiger partial charge in [-0.15, -0.1) is 0 Å². The van der Waals surface area contributed by atoms with Crippen LogP contribution in [0.15, 0.2) is 59.1 Å². The number of nitrogens with zero attached hydrogens (tertiary/aromatic N) is 2. The van der Waals surface area contributed by atoms with Crippen LogP contribution < -0.4 is 4.90 Å². The minimum atomic E-state index is -0.323. The van der Waals surface area contributed by atoms with Crippen molar-refractivity contribution in [1.29, 1.82) is 0 Å². The van der Waals surface area contributed by atoms with Gasteiger partial charge in [-0.3, -0.25) is 19.3 Å². The number of hydrogen-bond donors (Lipinski definition) is 0. The van der Waals surface area contributed by atoms with Crippen LogP contribution in [0.2, 0.25) is 0 Å². The van der Waals surface area contributed by atoms with Crippen molar-refractivity contribution in [3.8, 4) is 0 Å². The number of unbranched alkanes of at least 4 members (excludes halogenated alkanes) is 1. The number of aryl methyl sites for hydroxylation is 1. The fraction of sp³-hybridized carbons (Fsp3) is 0.269. The number of imide groups is 1. The Hall–Kier alpha value is -2.99. The number of benzene rings is 3. The molecule has 1 aliphatic rings. The van der Waals surface area contributed by atoms with E-state index in [1.54, 1.807) is 17.0 Å². The molecular weight excluding hydrogens is 468 g/mol. The standard InChI is InChI=1S/C26H25BrN2O3/c1-3-4-8-23(30)28(18-11-9-17(2)10-12-18)15-16-29-25(31)20-7-5-6-19-22(27)14-13-21(24(19)20)26(29)32/h5-7,9-14H,3-4,8,15-16H2,1-2H3. The van der Waals surface area contributed by atoms with Gasteiger partial charge in [0.1, 0.15) is 0 Å². The van der Waals surface area contributed by atoms with Crippen LogP contribution >= 0.6 is 15.9 Å². The Morgan fingerprint density at radius 1 is 0.969 bits per heavy atom. The number of anilines is 1. The predicted molar refractivity (Wildman–Crippen MR) is 130 cm³/mol. The fourth-order valence-electron chi connectivity index (χ4n) is 4.10. The van der Waals surface area contributed by atoms with Crippen LogP contribution in [0.5, 0.6) is 0 Å². The highest BCUT2D eigenvalue weighted by Gasteiger charge is 2.33. The molecular formula is C26H25BrN2O3. The molecule has 3 aromatic rings. The highest BCUT2D eigenvalue weighted by atomic mass is 79.9. The molecule has 0 radical (unpaired) electrons. The molecule has 1 heterocycles. The third-order valence-electron chi connectivity index (χ3n) is 5.88. The molecule has 0 bridgehead atoms. The van der Waals surface area contributed by atoms with Crippen LogP contribution in [0, 0.1) is 6.92 Å². The molecule has 0 spiro atoms. The second-order valence-corrected chi connectivity index (χ2v) is 8.92. The summed E-state index contributed by atoms with van der Waals surface area (Å²) in [6.45, 7) is 4.43. The topological polar surface area (TPSA) is 57.7 Å². The summed E-state index contributed by atoms with van der Waals surface area (Å²) in [7, 11) is 0. The first kappa shape index (κ1) is 22.2. The Morgan fingerprint density at radius 2 is 1.66 bits per heavy atom. The summed E-state index contributed by atoms with van der Waals surface area (Å²) < 4.78 is 0.846. The Morgan fingerprint density at radius 3 is 2.34 bits per heavy atom. The van der Waals surface area contributed by atoms with Gasteiger partial charge in [-0.1, -0.05) is 59.1 Å². The number of rotatable bonds is 7. The summed E-state index contributed by atoms with van der Waals surface area (Å²) in [5, 5.41) is 1.53. The number of halogens is 1. The second-order valence-electron chi connectivity index (χ2n) is 8.07. The SMILES string of the molecule is CCCCC(=O)N(CCN1C(=O)c2cccc3c(Br)ccc(c23)C1=O)c1ccc(C)cc1. The van der Waals surface area contributed by atoms with E-state index in [-0.39, 0.29) is 30.8 Å². The highest BCUT2D eigenvalue weighted by molar-refractivity contribution is 9.10. The average molecular weight is 493 g/mol. The van der Waals surface area contributed by atoms with Crippen LogP contribution in [0.4, 0.5) is 5.69 Å². The van der Waals surface area contributed by atoms with E-state index in [0.29, 0.717) is 22.9 Å². The molecule has 3 aromatic carbocycles. The van der Waals surface area contributed by atoms with Gasteiger partial charge < -0.3 is 4.90 Å². The number of amides is 3. The van der Waals surface area contributed by atoms with E-state index in [4.69, 9.17) is 0 Å². The van der Waals surface area contributed by atoms with E-state index < -0.39 is 0 Å². The normalized spacial score (nSPS) is 13.0. The molecule has 0 aromatic heterocycles. The zero-order chi connectivity index (χ0) is 22.8. The van der Waals surface area contributed by atoms with Gasteiger partial charge in [0.15, 0.2) is 0 Å². The molecule has 0 atom stereocenters. The second kappa shape index (κ2) is 9.25. The van der Waals surface area contributed by atoms with Crippen LogP contribution in [0.3, 0.4) is 0 Å². The predicted octanol–water partition coefficient (Wildman–Crippen LogP) is 5.73. The third kappa shape index (κ3) is 4.07. The lowest BCUT2D eigenvalue weighted by molar-refractivity contribution is -0.118. The molecule has 0 N–H and O–H groups in total. The number of carbonyl (C=O) groups excluding carboxylic acids is 3. The molecule has 164 valence electrons. The molecule has 0 fully saturated rings. The molecule has 1 aliphatic heterocycles. The van der Waals surface area contributed by atoms with Crippen molar-refractivity contribution in [2.75, 3.05) is 18.0 Å². The van der Waals surface area contributed by atoms with Gasteiger partial charge in [0, 0.05) is 46.2 Å². The maximum absolute atomic E-state index is 13.2. The fourth-order valence-corrected chi connectivity index (χ4v) is 4.56. The summed E-state index contributed by atoms with van der Waals surface area (Å²) in [5.41, 5.74) is 2.90. The lowest BCUT2D eigenvalue weighted by Gasteiger charge is -2.30. The first-order chi connectivity index (χ1) is 15.4. The molecule has 0 saturated carbocycles. The molecule has 0 aliphatic carbocycles. The largest absolute Gasteiger partial charge is 0.311 e. The molecule has 32 heavy (non-hydrogen) atoms. The Bertz CT molecular complexity index is 1180. The van der Waals surface area contributed by atoms with E-state index in [1.165, 1.54) is 4.90 Å². The van der Waals surface area contributed by atoms with Gasteiger partial charge in [-0.05, 0) is 49.1 Å². The van der Waals surface area contributed by atoms with Crippen LogP contribution in [0.1, 0.15) is 52.5 Å². The Balaban J connectivity index is 1.63. The van der Waals surface area contributed by atoms with Gasteiger partial charge in [-0.2, -0.15) is 0 Å². The lowest BCUT2D eigenvalue weighted by atomic mass is 9.94. The molecule has 3 amide bonds. The van der Waals surface area contributed by atoms with E-state index in [9.17, 15) is 14.4 Å². The number of carbonyl (C=O) groups is 3. The summed E-state index contributed by atoms with van der Waals surface area (Å²) >= 11 is 3.51. The van der Waals surface area contributed by atoms with Crippen molar-refractivity contribution >= 4 is 50.1 Å². The van der Waals surface area contributed by atoms with E-state index in [1.807, 2.05) is 56.3 Å².